The van der Waals surface area contributed by atoms with Crippen LogP contribution in [0.4, 0.5) is 5.69 Å². The molecule has 3 unspecified atom stereocenters. The summed E-state index contributed by atoms with van der Waals surface area (Å²) in [4.78, 5) is 11.4. The summed E-state index contributed by atoms with van der Waals surface area (Å²) in [5.41, 5.74) is 3.28. The van der Waals surface area contributed by atoms with Crippen LogP contribution in [-0.4, -0.2) is 5.91 Å². The van der Waals surface area contributed by atoms with Crippen molar-refractivity contribution in [2.45, 2.75) is 37.5 Å². The number of anilines is 1. The van der Waals surface area contributed by atoms with Gasteiger partial charge in [-0.1, -0.05) is 25.0 Å². The van der Waals surface area contributed by atoms with Crippen LogP contribution >= 0.6 is 11.6 Å². The number of carbonyl (C=O) groups excluding carboxylic acids is 1. The van der Waals surface area contributed by atoms with E-state index in [-0.39, 0.29) is 11.3 Å². The second-order valence-corrected chi connectivity index (χ2v) is 6.70. The fourth-order valence-electron chi connectivity index (χ4n) is 4.12. The number of halogens is 1. The summed E-state index contributed by atoms with van der Waals surface area (Å²) in [5, 5.41) is 3.01. The van der Waals surface area contributed by atoms with Crippen LogP contribution in [-0.2, 0) is 11.2 Å². The summed E-state index contributed by atoms with van der Waals surface area (Å²) in [7, 11) is 0. The molecule has 2 nitrogen and oxygen atoms in total. The molecule has 1 heterocycles. The molecule has 0 radical (unpaired) electrons. The highest BCUT2D eigenvalue weighted by atomic mass is 35.5. The van der Waals surface area contributed by atoms with Gasteiger partial charge in [0.2, 0.25) is 5.91 Å². The van der Waals surface area contributed by atoms with E-state index in [4.69, 9.17) is 11.6 Å². The third-order valence-electron chi connectivity index (χ3n) is 5.13. The summed E-state index contributed by atoms with van der Waals surface area (Å²) in [6, 6.07) is 6.23. The van der Waals surface area contributed by atoms with E-state index >= 15 is 0 Å². The molecule has 1 aromatic carbocycles. The van der Waals surface area contributed by atoms with Crippen LogP contribution < -0.4 is 5.32 Å². The molecule has 0 saturated heterocycles. The molecule has 2 saturated carbocycles. The van der Waals surface area contributed by atoms with E-state index in [0.29, 0.717) is 12.3 Å². The zero-order valence-electron chi connectivity index (χ0n) is 10.9. The van der Waals surface area contributed by atoms with Crippen molar-refractivity contribution >= 4 is 23.2 Å². The first-order chi connectivity index (χ1) is 9.24. The Hall–Kier alpha value is -1.02. The van der Waals surface area contributed by atoms with Crippen molar-refractivity contribution < 1.29 is 4.79 Å². The molecule has 100 valence electrons. The molecule has 2 aliphatic carbocycles. The van der Waals surface area contributed by atoms with Crippen molar-refractivity contribution in [2.75, 3.05) is 5.32 Å². The predicted molar refractivity (Wildman–Crippen MR) is 76.3 cm³/mol. The summed E-state index contributed by atoms with van der Waals surface area (Å²) in [6.07, 6.45) is 5.99. The Balaban J connectivity index is 1.56. The van der Waals surface area contributed by atoms with E-state index in [9.17, 15) is 4.79 Å². The number of amides is 1. The molecule has 3 heteroatoms. The minimum atomic E-state index is 0.0957. The van der Waals surface area contributed by atoms with Gasteiger partial charge in [0.1, 0.15) is 0 Å². The number of hydrogen-bond acceptors (Lipinski definition) is 1. The monoisotopic (exact) mass is 275 g/mol. The fraction of sp³-hybridized carbons (Fsp3) is 0.562. The predicted octanol–water partition coefficient (Wildman–Crippen LogP) is 3.90. The molecule has 3 atom stereocenters. The van der Waals surface area contributed by atoms with Gasteiger partial charge in [-0.3, -0.25) is 4.79 Å². The van der Waals surface area contributed by atoms with Crippen molar-refractivity contribution in [1.29, 1.82) is 0 Å². The molecule has 1 N–H and O–H groups in total. The average molecular weight is 276 g/mol. The number of nitrogens with one attached hydrogen (secondary N) is 1. The highest BCUT2D eigenvalue weighted by Crippen LogP contribution is 2.62. The SMILES string of the molecule is O=C1Cc2cc(C(Cl)C3C4CCCCC43)ccc2N1. The Morgan fingerprint density at radius 3 is 2.68 bits per heavy atom. The number of carbonyl (C=O) groups is 1. The van der Waals surface area contributed by atoms with Crippen LogP contribution in [0.25, 0.3) is 0 Å². The second kappa shape index (κ2) is 4.24. The van der Waals surface area contributed by atoms with E-state index in [1.54, 1.807) is 0 Å². The summed E-state index contributed by atoms with van der Waals surface area (Å²) in [5.74, 6) is 2.50. The molecule has 1 amide bonds. The van der Waals surface area contributed by atoms with Gasteiger partial charge in [-0.2, -0.15) is 0 Å². The molecule has 0 bridgehead atoms. The highest BCUT2D eigenvalue weighted by Gasteiger charge is 2.54. The highest BCUT2D eigenvalue weighted by molar-refractivity contribution is 6.21. The van der Waals surface area contributed by atoms with Crippen molar-refractivity contribution in [1.82, 2.24) is 0 Å². The molecular formula is C16H18ClNO. The quantitative estimate of drug-likeness (QED) is 0.815. The van der Waals surface area contributed by atoms with Gasteiger partial charge in [0, 0.05) is 5.69 Å². The van der Waals surface area contributed by atoms with Gasteiger partial charge in [0.25, 0.3) is 0 Å². The van der Waals surface area contributed by atoms with E-state index in [0.717, 1.165) is 23.1 Å². The van der Waals surface area contributed by atoms with Gasteiger partial charge in [0.05, 0.1) is 11.8 Å². The van der Waals surface area contributed by atoms with Gasteiger partial charge >= 0.3 is 0 Å². The smallest absolute Gasteiger partial charge is 0.228 e. The standard InChI is InChI=1S/C16H18ClNO/c17-16(15-11-3-1-2-4-12(11)15)9-5-6-13-10(7-9)8-14(19)18-13/h5-7,11-12,15-16H,1-4,8H2,(H,18,19). The lowest BCUT2D eigenvalue weighted by molar-refractivity contribution is -0.115. The third-order valence-corrected chi connectivity index (χ3v) is 5.68. The molecule has 3 aliphatic rings. The number of alkyl halides is 1. The number of rotatable bonds is 2. The summed E-state index contributed by atoms with van der Waals surface area (Å²) < 4.78 is 0. The Kier molecular flexibility index (Phi) is 2.63. The lowest BCUT2D eigenvalue weighted by Crippen LogP contribution is -2.03. The largest absolute Gasteiger partial charge is 0.326 e. The Morgan fingerprint density at radius 1 is 1.21 bits per heavy atom. The van der Waals surface area contributed by atoms with Crippen molar-refractivity contribution in [3.8, 4) is 0 Å². The maximum atomic E-state index is 11.4. The maximum Gasteiger partial charge on any atom is 0.228 e. The van der Waals surface area contributed by atoms with Gasteiger partial charge in [0.15, 0.2) is 0 Å². The van der Waals surface area contributed by atoms with E-state index in [1.165, 1.54) is 31.2 Å². The van der Waals surface area contributed by atoms with Crippen LogP contribution in [0.2, 0.25) is 0 Å². The fourth-order valence-corrected chi connectivity index (χ4v) is 4.63. The van der Waals surface area contributed by atoms with Crippen molar-refractivity contribution in [3.63, 3.8) is 0 Å². The van der Waals surface area contributed by atoms with Gasteiger partial charge in [-0.15, -0.1) is 11.6 Å². The van der Waals surface area contributed by atoms with Crippen LogP contribution in [0.1, 0.15) is 42.2 Å². The van der Waals surface area contributed by atoms with Gasteiger partial charge < -0.3 is 5.32 Å². The van der Waals surface area contributed by atoms with E-state index in [2.05, 4.69) is 17.4 Å². The van der Waals surface area contributed by atoms with Crippen LogP contribution in [0.3, 0.4) is 0 Å². The maximum absolute atomic E-state index is 11.4. The minimum Gasteiger partial charge on any atom is -0.326 e. The van der Waals surface area contributed by atoms with Gasteiger partial charge in [-0.25, -0.2) is 0 Å². The van der Waals surface area contributed by atoms with E-state index in [1.807, 2.05) is 6.07 Å². The number of fused-ring (bicyclic) bond motifs is 2. The Labute approximate surface area is 118 Å². The van der Waals surface area contributed by atoms with Crippen LogP contribution in [0.15, 0.2) is 18.2 Å². The Morgan fingerprint density at radius 2 is 1.95 bits per heavy atom. The average Bonchev–Trinajstić information content (AvgIpc) is 3.02. The zero-order chi connectivity index (χ0) is 13.0. The molecule has 2 fully saturated rings. The lowest BCUT2D eigenvalue weighted by atomic mass is 10.0. The normalized spacial score (nSPS) is 33.3. The molecule has 1 aromatic rings. The molecule has 0 spiro atoms. The van der Waals surface area contributed by atoms with Gasteiger partial charge in [-0.05, 0) is 47.8 Å². The molecular weight excluding hydrogens is 258 g/mol. The molecule has 1 aliphatic heterocycles. The second-order valence-electron chi connectivity index (χ2n) is 6.23. The first kappa shape index (κ1) is 11.8. The van der Waals surface area contributed by atoms with E-state index < -0.39 is 0 Å². The lowest BCUT2D eigenvalue weighted by Gasteiger charge is -2.11. The summed E-state index contributed by atoms with van der Waals surface area (Å²) >= 11 is 6.71. The topological polar surface area (TPSA) is 29.1 Å². The number of hydrogen-bond donors (Lipinski definition) is 1. The van der Waals surface area contributed by atoms with Crippen LogP contribution in [0, 0.1) is 17.8 Å². The molecule has 4 rings (SSSR count). The zero-order valence-corrected chi connectivity index (χ0v) is 11.6. The first-order valence-corrected chi connectivity index (χ1v) is 7.74. The number of benzene rings is 1. The Bertz CT molecular complexity index is 530. The third kappa shape index (κ3) is 1.88. The van der Waals surface area contributed by atoms with Crippen LogP contribution in [0.5, 0.6) is 0 Å². The molecule has 19 heavy (non-hydrogen) atoms. The van der Waals surface area contributed by atoms with Crippen molar-refractivity contribution in [2.24, 2.45) is 17.8 Å². The minimum absolute atomic E-state index is 0.0957. The molecule has 0 aromatic heterocycles. The summed E-state index contributed by atoms with van der Waals surface area (Å²) in [6.45, 7) is 0. The van der Waals surface area contributed by atoms with Crippen molar-refractivity contribution in [3.05, 3.63) is 29.3 Å². The first-order valence-electron chi connectivity index (χ1n) is 7.31.